The van der Waals surface area contributed by atoms with Crippen molar-refractivity contribution in [3.63, 3.8) is 0 Å². The molecule has 2 aromatic carbocycles. The van der Waals surface area contributed by atoms with Crippen LogP contribution in [0.5, 0.6) is 0 Å². The van der Waals surface area contributed by atoms with Gasteiger partial charge in [0.25, 0.3) is 0 Å². The van der Waals surface area contributed by atoms with E-state index < -0.39 is 12.1 Å². The van der Waals surface area contributed by atoms with Crippen molar-refractivity contribution in [1.29, 1.82) is 0 Å². The van der Waals surface area contributed by atoms with E-state index in [0.29, 0.717) is 25.1 Å². The molecule has 174 valence electrons. The molecule has 2 heterocycles. The average molecular weight is 451 g/mol. The molecular weight excluding hydrogens is 419 g/mol. The van der Waals surface area contributed by atoms with Gasteiger partial charge in [0.05, 0.1) is 24.4 Å². The number of rotatable bonds is 7. The summed E-state index contributed by atoms with van der Waals surface area (Å²) in [5.41, 5.74) is 3.54. The van der Waals surface area contributed by atoms with Gasteiger partial charge in [0.2, 0.25) is 5.91 Å². The van der Waals surface area contributed by atoms with Gasteiger partial charge in [-0.05, 0) is 43.2 Å². The number of likely N-dealkylation sites (tertiary alicyclic amines) is 1. The van der Waals surface area contributed by atoms with Crippen molar-refractivity contribution in [3.05, 3.63) is 71.7 Å². The number of carbonyl (C=O) groups is 1. The summed E-state index contributed by atoms with van der Waals surface area (Å²) < 4.78 is 14.9. The fraction of sp³-hybridized carbons (Fsp3) is 0.423. The van der Waals surface area contributed by atoms with Gasteiger partial charge in [0.1, 0.15) is 11.5 Å². The molecule has 7 heteroatoms. The maximum Gasteiger partial charge on any atom is 0.223 e. The molecule has 1 fully saturated rings. The third kappa shape index (κ3) is 5.30. The molecule has 3 aromatic rings. The molecule has 33 heavy (non-hydrogen) atoms. The number of aromatic nitrogens is 3. The van der Waals surface area contributed by atoms with Gasteiger partial charge in [-0.3, -0.25) is 4.79 Å². The number of aliphatic hydroxyl groups is 1. The van der Waals surface area contributed by atoms with Crippen LogP contribution in [0.25, 0.3) is 11.3 Å². The lowest BCUT2D eigenvalue weighted by Crippen LogP contribution is -2.48. The second-order valence-corrected chi connectivity index (χ2v) is 8.89. The first-order valence-electron chi connectivity index (χ1n) is 11.7. The van der Waals surface area contributed by atoms with Crippen molar-refractivity contribution in [1.82, 2.24) is 19.9 Å². The molecule has 6 nitrogen and oxygen atoms in total. The van der Waals surface area contributed by atoms with E-state index in [-0.39, 0.29) is 17.8 Å². The maximum absolute atomic E-state index is 13.3. The first-order valence-corrected chi connectivity index (χ1v) is 11.7. The van der Waals surface area contributed by atoms with E-state index in [2.05, 4.69) is 17.2 Å². The topological polar surface area (TPSA) is 71.2 Å². The van der Waals surface area contributed by atoms with E-state index in [1.807, 2.05) is 36.1 Å². The van der Waals surface area contributed by atoms with Crippen LogP contribution in [0.1, 0.15) is 62.2 Å². The first-order chi connectivity index (χ1) is 16.0. The van der Waals surface area contributed by atoms with Gasteiger partial charge in [0, 0.05) is 24.9 Å². The van der Waals surface area contributed by atoms with Crippen LogP contribution in [0, 0.1) is 12.7 Å². The van der Waals surface area contributed by atoms with Crippen LogP contribution in [0.15, 0.2) is 54.7 Å². The minimum absolute atomic E-state index is 0.102. The zero-order valence-corrected chi connectivity index (χ0v) is 19.2. The van der Waals surface area contributed by atoms with E-state index in [1.165, 1.54) is 12.1 Å². The highest BCUT2D eigenvalue weighted by molar-refractivity contribution is 5.77. The van der Waals surface area contributed by atoms with Gasteiger partial charge >= 0.3 is 0 Å². The summed E-state index contributed by atoms with van der Waals surface area (Å²) in [6.07, 6.45) is 4.94. The van der Waals surface area contributed by atoms with Gasteiger partial charge in [0.15, 0.2) is 0 Å². The molecule has 0 radical (unpaired) electrons. The Bertz CT molecular complexity index is 1060. The summed E-state index contributed by atoms with van der Waals surface area (Å²) >= 11 is 0. The standard InChI is InChI=1S/C26H31FN4O2/c1-3-4-5-6-26(33)30-17-24(25(32)15-23(30)20-9-7-18(2)8-10-20)31-16-22(28-29-31)19-11-13-21(27)14-12-19/h7-14,16,23-25,32H,3-6,15,17H2,1-2H3/t23-,24-,25-/m0/s1. The van der Waals surface area contributed by atoms with Crippen LogP contribution in [0.2, 0.25) is 0 Å². The highest BCUT2D eigenvalue weighted by Crippen LogP contribution is 2.36. The number of amides is 1. The molecule has 0 unspecified atom stereocenters. The van der Waals surface area contributed by atoms with Gasteiger partial charge in [-0.25, -0.2) is 9.07 Å². The Morgan fingerprint density at radius 1 is 1.12 bits per heavy atom. The molecular formula is C26H31FN4O2. The number of halogens is 1. The number of hydrogen-bond donors (Lipinski definition) is 1. The fourth-order valence-electron chi connectivity index (χ4n) is 4.47. The van der Waals surface area contributed by atoms with E-state index in [0.717, 1.165) is 36.0 Å². The molecule has 0 saturated carbocycles. The molecule has 1 aromatic heterocycles. The summed E-state index contributed by atoms with van der Waals surface area (Å²) in [6.45, 7) is 4.51. The lowest BCUT2D eigenvalue weighted by atomic mass is 9.89. The Morgan fingerprint density at radius 2 is 1.85 bits per heavy atom. The third-order valence-electron chi connectivity index (χ3n) is 6.44. The Hall–Kier alpha value is -3.06. The number of carbonyl (C=O) groups excluding carboxylic acids is 1. The SMILES string of the molecule is CCCCCC(=O)N1C[C@H](n2cc(-c3ccc(F)cc3)nn2)[C@@H](O)C[C@H]1c1ccc(C)cc1. The van der Waals surface area contributed by atoms with Gasteiger partial charge in [-0.1, -0.05) is 54.8 Å². The van der Waals surface area contributed by atoms with Crippen LogP contribution in [-0.4, -0.2) is 43.6 Å². The van der Waals surface area contributed by atoms with Crippen molar-refractivity contribution in [2.24, 2.45) is 0 Å². The molecule has 0 spiro atoms. The summed E-state index contributed by atoms with van der Waals surface area (Å²) in [6, 6.07) is 13.7. The summed E-state index contributed by atoms with van der Waals surface area (Å²) in [5, 5.41) is 19.5. The number of unbranched alkanes of at least 4 members (excludes halogenated alkanes) is 2. The lowest BCUT2D eigenvalue weighted by Gasteiger charge is -2.42. The number of benzene rings is 2. The zero-order chi connectivity index (χ0) is 23.4. The molecule has 1 amide bonds. The second kappa shape index (κ2) is 10.3. The number of nitrogens with zero attached hydrogens (tertiary/aromatic N) is 4. The Labute approximate surface area is 194 Å². The quantitative estimate of drug-likeness (QED) is 0.523. The number of piperidine rings is 1. The van der Waals surface area contributed by atoms with E-state index in [4.69, 9.17) is 0 Å². The average Bonchev–Trinajstić information content (AvgIpc) is 3.30. The summed E-state index contributed by atoms with van der Waals surface area (Å²) in [5.74, 6) is -0.210. The minimum Gasteiger partial charge on any atom is -0.391 e. The smallest absolute Gasteiger partial charge is 0.223 e. The van der Waals surface area contributed by atoms with Crippen LogP contribution in [0.4, 0.5) is 4.39 Å². The molecule has 0 aliphatic carbocycles. The fourth-order valence-corrected chi connectivity index (χ4v) is 4.47. The molecule has 1 saturated heterocycles. The number of aliphatic hydroxyl groups excluding tert-OH is 1. The van der Waals surface area contributed by atoms with Crippen molar-refractivity contribution in [3.8, 4) is 11.3 Å². The first kappa shape index (κ1) is 23.1. The number of aryl methyl sites for hydroxylation is 1. The molecule has 4 rings (SSSR count). The normalized spacial score (nSPS) is 20.7. The van der Waals surface area contributed by atoms with Crippen molar-refractivity contribution in [2.45, 2.75) is 64.1 Å². The predicted octanol–water partition coefficient (Wildman–Crippen LogP) is 4.85. The monoisotopic (exact) mass is 450 g/mol. The molecule has 3 atom stereocenters. The summed E-state index contributed by atoms with van der Waals surface area (Å²) in [7, 11) is 0. The minimum atomic E-state index is -0.682. The Balaban J connectivity index is 1.58. The van der Waals surface area contributed by atoms with Crippen molar-refractivity contribution < 1.29 is 14.3 Å². The van der Waals surface area contributed by atoms with E-state index in [1.54, 1.807) is 23.0 Å². The third-order valence-corrected chi connectivity index (χ3v) is 6.44. The van der Waals surface area contributed by atoms with Crippen molar-refractivity contribution >= 4 is 5.91 Å². The van der Waals surface area contributed by atoms with Gasteiger partial charge in [-0.2, -0.15) is 0 Å². The predicted molar refractivity (Wildman–Crippen MR) is 125 cm³/mol. The molecule has 0 bridgehead atoms. The Morgan fingerprint density at radius 3 is 2.55 bits per heavy atom. The molecule has 1 aliphatic rings. The Kier molecular flexibility index (Phi) is 7.18. The lowest BCUT2D eigenvalue weighted by molar-refractivity contribution is -0.139. The van der Waals surface area contributed by atoms with E-state index >= 15 is 0 Å². The van der Waals surface area contributed by atoms with Crippen molar-refractivity contribution in [2.75, 3.05) is 6.54 Å². The second-order valence-electron chi connectivity index (χ2n) is 8.89. The largest absolute Gasteiger partial charge is 0.391 e. The van der Waals surface area contributed by atoms with Crippen LogP contribution in [-0.2, 0) is 4.79 Å². The molecule has 1 aliphatic heterocycles. The van der Waals surface area contributed by atoms with Crippen LogP contribution >= 0.6 is 0 Å². The van der Waals surface area contributed by atoms with Crippen LogP contribution < -0.4 is 0 Å². The number of hydrogen-bond acceptors (Lipinski definition) is 4. The van der Waals surface area contributed by atoms with Gasteiger partial charge in [-0.15, -0.1) is 5.10 Å². The van der Waals surface area contributed by atoms with Gasteiger partial charge < -0.3 is 10.0 Å². The summed E-state index contributed by atoms with van der Waals surface area (Å²) in [4.78, 5) is 15.1. The molecule has 1 N–H and O–H groups in total. The zero-order valence-electron chi connectivity index (χ0n) is 19.2. The van der Waals surface area contributed by atoms with Crippen LogP contribution in [0.3, 0.4) is 0 Å². The van der Waals surface area contributed by atoms with E-state index in [9.17, 15) is 14.3 Å². The highest BCUT2D eigenvalue weighted by atomic mass is 19.1. The maximum atomic E-state index is 13.3. The highest BCUT2D eigenvalue weighted by Gasteiger charge is 2.39.